The van der Waals surface area contributed by atoms with Gasteiger partial charge in [0.1, 0.15) is 12.6 Å². The summed E-state index contributed by atoms with van der Waals surface area (Å²) in [5, 5.41) is 0. The second kappa shape index (κ2) is 6.22. The second-order valence-corrected chi connectivity index (χ2v) is 4.65. The maximum Gasteiger partial charge on any atom is 0.410 e. The minimum absolute atomic E-state index is 0.210. The van der Waals surface area contributed by atoms with Gasteiger partial charge >= 0.3 is 6.09 Å². The summed E-state index contributed by atoms with van der Waals surface area (Å²) in [6.07, 6.45) is 1.95. The summed E-state index contributed by atoms with van der Waals surface area (Å²) < 4.78 is 5.23. The van der Waals surface area contributed by atoms with Crippen LogP contribution in [-0.2, 0) is 16.1 Å². The molecule has 1 fully saturated rings. The van der Waals surface area contributed by atoms with E-state index >= 15 is 0 Å². The van der Waals surface area contributed by atoms with E-state index < -0.39 is 18.0 Å². The number of carbonyl (C=O) groups excluding carboxylic acids is 2. The molecule has 1 atom stereocenters. The van der Waals surface area contributed by atoms with Crippen molar-refractivity contribution in [1.29, 1.82) is 0 Å². The van der Waals surface area contributed by atoms with Gasteiger partial charge < -0.3 is 10.5 Å². The standard InChI is InChI=1S/C14H18N2O3/c15-13(17)12-8-4-5-9-16(12)14(18)19-10-11-6-2-1-3-7-11/h1-3,6-7,12H,4-5,8-10H2,(H2,15,17)/t12-/m0/s1. The molecule has 1 aromatic carbocycles. The van der Waals surface area contributed by atoms with Gasteiger partial charge in [0.25, 0.3) is 0 Å². The molecule has 102 valence electrons. The van der Waals surface area contributed by atoms with Gasteiger partial charge in [0.15, 0.2) is 0 Å². The highest BCUT2D eigenvalue weighted by atomic mass is 16.6. The Morgan fingerprint density at radius 3 is 2.68 bits per heavy atom. The Morgan fingerprint density at radius 2 is 2.00 bits per heavy atom. The van der Waals surface area contributed by atoms with Gasteiger partial charge in [-0.25, -0.2) is 4.79 Å². The second-order valence-electron chi connectivity index (χ2n) is 4.65. The molecule has 1 aliphatic heterocycles. The van der Waals surface area contributed by atoms with Crippen LogP contribution < -0.4 is 5.73 Å². The van der Waals surface area contributed by atoms with Crippen LogP contribution in [0.4, 0.5) is 4.79 Å². The van der Waals surface area contributed by atoms with Crippen molar-refractivity contribution in [2.24, 2.45) is 5.73 Å². The van der Waals surface area contributed by atoms with Crippen molar-refractivity contribution < 1.29 is 14.3 Å². The van der Waals surface area contributed by atoms with Crippen LogP contribution in [0.2, 0.25) is 0 Å². The summed E-state index contributed by atoms with van der Waals surface area (Å²) in [7, 11) is 0. The Labute approximate surface area is 112 Å². The van der Waals surface area contributed by atoms with Crippen molar-refractivity contribution >= 4 is 12.0 Å². The molecule has 5 heteroatoms. The van der Waals surface area contributed by atoms with E-state index in [2.05, 4.69) is 0 Å². The molecule has 0 spiro atoms. The molecule has 0 radical (unpaired) electrons. The quantitative estimate of drug-likeness (QED) is 0.900. The first-order chi connectivity index (χ1) is 9.18. The van der Waals surface area contributed by atoms with Gasteiger partial charge in [-0.2, -0.15) is 0 Å². The average Bonchev–Trinajstić information content (AvgIpc) is 2.46. The Morgan fingerprint density at radius 1 is 1.26 bits per heavy atom. The SMILES string of the molecule is NC(=O)[C@@H]1CCCCN1C(=O)OCc1ccccc1. The zero-order valence-corrected chi connectivity index (χ0v) is 10.7. The number of carbonyl (C=O) groups is 2. The third kappa shape index (κ3) is 3.47. The van der Waals surface area contributed by atoms with Crippen molar-refractivity contribution in [3.8, 4) is 0 Å². The maximum absolute atomic E-state index is 12.0. The van der Waals surface area contributed by atoms with E-state index in [1.54, 1.807) is 0 Å². The number of piperidine rings is 1. The molecule has 1 aromatic rings. The Kier molecular flexibility index (Phi) is 4.39. The van der Waals surface area contributed by atoms with Gasteiger partial charge in [0.05, 0.1) is 0 Å². The minimum Gasteiger partial charge on any atom is -0.445 e. The molecule has 0 aromatic heterocycles. The predicted molar refractivity (Wildman–Crippen MR) is 70.2 cm³/mol. The van der Waals surface area contributed by atoms with Gasteiger partial charge in [-0.1, -0.05) is 30.3 Å². The van der Waals surface area contributed by atoms with Crippen LogP contribution in [-0.4, -0.2) is 29.5 Å². The summed E-state index contributed by atoms with van der Waals surface area (Å²) in [6.45, 7) is 0.739. The molecular weight excluding hydrogens is 244 g/mol. The number of nitrogens with two attached hydrogens (primary N) is 1. The molecule has 2 rings (SSSR count). The number of benzene rings is 1. The van der Waals surface area contributed by atoms with Crippen LogP contribution in [0, 0.1) is 0 Å². The zero-order chi connectivity index (χ0) is 13.7. The predicted octanol–water partition coefficient (Wildman–Crippen LogP) is 1.66. The summed E-state index contributed by atoms with van der Waals surface area (Å²) in [4.78, 5) is 24.7. The number of amides is 2. The van der Waals surface area contributed by atoms with Crippen molar-refractivity contribution in [1.82, 2.24) is 4.90 Å². The van der Waals surface area contributed by atoms with Crippen LogP contribution in [0.25, 0.3) is 0 Å². The van der Waals surface area contributed by atoms with Crippen molar-refractivity contribution in [3.05, 3.63) is 35.9 Å². The van der Waals surface area contributed by atoms with Crippen molar-refractivity contribution in [2.45, 2.75) is 31.9 Å². The maximum atomic E-state index is 12.0. The highest BCUT2D eigenvalue weighted by Gasteiger charge is 2.31. The van der Waals surface area contributed by atoms with E-state index in [0.717, 1.165) is 18.4 Å². The number of ether oxygens (including phenoxy) is 1. The highest BCUT2D eigenvalue weighted by molar-refractivity contribution is 5.84. The number of nitrogens with zero attached hydrogens (tertiary/aromatic N) is 1. The number of primary amides is 1. The zero-order valence-electron chi connectivity index (χ0n) is 10.7. The van der Waals surface area contributed by atoms with Gasteiger partial charge in [-0.15, -0.1) is 0 Å². The number of hydrogen-bond donors (Lipinski definition) is 1. The van der Waals surface area contributed by atoms with Crippen LogP contribution in [0.15, 0.2) is 30.3 Å². The molecule has 0 saturated carbocycles. The number of rotatable bonds is 3. The van der Waals surface area contributed by atoms with E-state index in [1.807, 2.05) is 30.3 Å². The van der Waals surface area contributed by atoms with E-state index in [4.69, 9.17) is 10.5 Å². The minimum atomic E-state index is -0.531. The topological polar surface area (TPSA) is 72.6 Å². The Bertz CT molecular complexity index is 447. The Balaban J connectivity index is 1.93. The lowest BCUT2D eigenvalue weighted by atomic mass is 10.0. The van der Waals surface area contributed by atoms with Crippen LogP contribution in [0.3, 0.4) is 0 Å². The fourth-order valence-corrected chi connectivity index (χ4v) is 2.25. The van der Waals surface area contributed by atoms with Gasteiger partial charge in [0, 0.05) is 6.54 Å². The smallest absolute Gasteiger partial charge is 0.410 e. The van der Waals surface area contributed by atoms with Crippen molar-refractivity contribution in [3.63, 3.8) is 0 Å². The lowest BCUT2D eigenvalue weighted by molar-refractivity contribution is -0.123. The monoisotopic (exact) mass is 262 g/mol. The number of hydrogen-bond acceptors (Lipinski definition) is 3. The van der Waals surface area contributed by atoms with Crippen LogP contribution in [0.1, 0.15) is 24.8 Å². The molecule has 5 nitrogen and oxygen atoms in total. The molecule has 1 saturated heterocycles. The summed E-state index contributed by atoms with van der Waals surface area (Å²) in [5.74, 6) is -0.462. The summed E-state index contributed by atoms with van der Waals surface area (Å²) in [5.41, 5.74) is 6.23. The summed E-state index contributed by atoms with van der Waals surface area (Å²) in [6, 6.07) is 8.91. The molecule has 19 heavy (non-hydrogen) atoms. The lowest BCUT2D eigenvalue weighted by Gasteiger charge is -2.32. The molecule has 2 N–H and O–H groups in total. The van der Waals surface area contributed by atoms with Gasteiger partial charge in [0.2, 0.25) is 5.91 Å². The molecule has 2 amide bonds. The van der Waals surface area contributed by atoms with E-state index in [1.165, 1.54) is 4.90 Å². The van der Waals surface area contributed by atoms with Gasteiger partial charge in [-0.05, 0) is 24.8 Å². The third-order valence-corrected chi connectivity index (χ3v) is 3.27. The first kappa shape index (κ1) is 13.4. The molecule has 0 unspecified atom stereocenters. The first-order valence-electron chi connectivity index (χ1n) is 6.45. The molecule has 0 bridgehead atoms. The average molecular weight is 262 g/mol. The highest BCUT2D eigenvalue weighted by Crippen LogP contribution is 2.18. The van der Waals surface area contributed by atoms with Crippen LogP contribution >= 0.6 is 0 Å². The lowest BCUT2D eigenvalue weighted by Crippen LogP contribution is -2.50. The van der Waals surface area contributed by atoms with Crippen molar-refractivity contribution in [2.75, 3.05) is 6.54 Å². The molecule has 1 aliphatic rings. The van der Waals surface area contributed by atoms with E-state index in [-0.39, 0.29) is 6.61 Å². The fourth-order valence-electron chi connectivity index (χ4n) is 2.25. The molecular formula is C14H18N2O3. The van der Waals surface area contributed by atoms with E-state index in [9.17, 15) is 9.59 Å². The van der Waals surface area contributed by atoms with Crippen LogP contribution in [0.5, 0.6) is 0 Å². The Hall–Kier alpha value is -2.04. The fraction of sp³-hybridized carbons (Fsp3) is 0.429. The molecule has 1 heterocycles. The normalized spacial score (nSPS) is 18.9. The summed E-state index contributed by atoms with van der Waals surface area (Å²) >= 11 is 0. The van der Waals surface area contributed by atoms with Gasteiger partial charge in [-0.3, -0.25) is 9.69 Å². The first-order valence-corrected chi connectivity index (χ1v) is 6.45. The third-order valence-electron chi connectivity index (χ3n) is 3.27. The van der Waals surface area contributed by atoms with E-state index in [0.29, 0.717) is 13.0 Å². The molecule has 0 aliphatic carbocycles. The largest absolute Gasteiger partial charge is 0.445 e. The number of likely N-dealkylation sites (tertiary alicyclic amines) is 1.